The molecule has 1 nitrogen and oxygen atoms in total. The molecule has 2 N–H and O–H groups in total. The maximum absolute atomic E-state index is 8.23. The fraction of sp³-hybridized carbons (Fsp3) is 0.200. The number of fused-ring (bicyclic) bond motifs is 3. The van der Waals surface area contributed by atoms with Gasteiger partial charge in [0.25, 0.3) is 0 Å². The molecule has 3 rings (SSSR count). The van der Waals surface area contributed by atoms with Crippen LogP contribution in [0.3, 0.4) is 0 Å². The zero-order valence-electron chi connectivity index (χ0n) is 16.1. The molecule has 0 radical (unpaired) electrons. The van der Waals surface area contributed by atoms with Crippen LogP contribution in [0, 0.1) is 0 Å². The zero-order valence-corrected chi connectivity index (χ0v) is 9.08. The van der Waals surface area contributed by atoms with Crippen LogP contribution in [0.1, 0.15) is 34.6 Å². The standard InChI is InChI=1S/C15H15N/c1-15(2)13-6-4-3-5-11(13)12-9-10(16)7-8-14(12)15/h3-9H,16H2,1-2H3/i3D,4D,5D,6D,7D,8D,9D. The van der Waals surface area contributed by atoms with Crippen molar-refractivity contribution in [3.05, 3.63) is 53.4 Å². The summed E-state index contributed by atoms with van der Waals surface area (Å²) in [6.45, 7) is 3.48. The third kappa shape index (κ3) is 1.06. The third-order valence-electron chi connectivity index (χ3n) is 3.02. The second kappa shape index (κ2) is 2.88. The summed E-state index contributed by atoms with van der Waals surface area (Å²) in [6, 6.07) is -1.66. The van der Waals surface area contributed by atoms with Crippen molar-refractivity contribution in [1.29, 1.82) is 0 Å². The van der Waals surface area contributed by atoms with Crippen molar-refractivity contribution in [2.45, 2.75) is 19.3 Å². The van der Waals surface area contributed by atoms with Crippen molar-refractivity contribution in [1.82, 2.24) is 0 Å². The van der Waals surface area contributed by atoms with Crippen molar-refractivity contribution < 1.29 is 9.60 Å². The van der Waals surface area contributed by atoms with E-state index in [1.54, 1.807) is 13.8 Å². The molecule has 2 aromatic carbocycles. The number of nitrogen functional groups attached to an aromatic ring is 1. The molecule has 0 saturated heterocycles. The second-order valence-electron chi connectivity index (χ2n) is 4.41. The summed E-state index contributed by atoms with van der Waals surface area (Å²) >= 11 is 0. The Morgan fingerprint density at radius 3 is 2.50 bits per heavy atom. The van der Waals surface area contributed by atoms with Gasteiger partial charge in [0.1, 0.15) is 0 Å². The smallest absolute Gasteiger partial charge is 0.0651 e. The van der Waals surface area contributed by atoms with Crippen LogP contribution >= 0.6 is 0 Å². The Balaban J connectivity index is 2.63. The topological polar surface area (TPSA) is 26.0 Å². The first-order valence-electron chi connectivity index (χ1n) is 8.54. The first kappa shape index (κ1) is 4.62. The first-order chi connectivity index (χ1) is 10.5. The van der Waals surface area contributed by atoms with Gasteiger partial charge in [-0.25, -0.2) is 0 Å². The van der Waals surface area contributed by atoms with E-state index in [-0.39, 0.29) is 59.1 Å². The highest BCUT2D eigenvalue weighted by Gasteiger charge is 2.34. The molecule has 1 heteroatoms. The Morgan fingerprint density at radius 2 is 1.69 bits per heavy atom. The van der Waals surface area contributed by atoms with Crippen LogP contribution in [0.4, 0.5) is 5.69 Å². The highest BCUT2D eigenvalue weighted by molar-refractivity contribution is 5.82. The SMILES string of the molecule is [2H]c1c([2H])c([2H])c2c(c1[2H])-c1c([2H])c(N)c([2H])c([2H])c1C2(C)C. The molecule has 0 heterocycles. The lowest BCUT2D eigenvalue weighted by Crippen LogP contribution is -2.14. The van der Waals surface area contributed by atoms with E-state index in [1.807, 2.05) is 0 Å². The van der Waals surface area contributed by atoms with E-state index in [9.17, 15) is 0 Å². The molecule has 0 aliphatic heterocycles. The van der Waals surface area contributed by atoms with E-state index in [0.717, 1.165) is 0 Å². The lowest BCUT2D eigenvalue weighted by atomic mass is 9.82. The molecule has 1 aliphatic rings. The molecule has 0 unspecified atom stereocenters. The van der Waals surface area contributed by atoms with Crippen molar-refractivity contribution in [2.24, 2.45) is 0 Å². The molecular formula is C15H15N. The van der Waals surface area contributed by atoms with E-state index in [0.29, 0.717) is 11.1 Å². The van der Waals surface area contributed by atoms with Crippen LogP contribution in [0.5, 0.6) is 0 Å². The third-order valence-corrected chi connectivity index (χ3v) is 3.02. The van der Waals surface area contributed by atoms with Gasteiger partial charge in [0.05, 0.1) is 9.60 Å². The van der Waals surface area contributed by atoms with Gasteiger partial charge in [0.2, 0.25) is 0 Å². The Morgan fingerprint density at radius 1 is 1.00 bits per heavy atom. The summed E-state index contributed by atoms with van der Waals surface area (Å²) in [7, 11) is 0. The zero-order chi connectivity index (χ0) is 17.4. The maximum atomic E-state index is 8.23. The van der Waals surface area contributed by atoms with Gasteiger partial charge in [-0.05, 0) is 34.3 Å². The minimum absolute atomic E-state index is 0.133. The first-order valence-corrected chi connectivity index (χ1v) is 5.04. The molecule has 1 aliphatic carbocycles. The molecule has 0 atom stereocenters. The van der Waals surface area contributed by atoms with Crippen LogP contribution in [0.2, 0.25) is 0 Å². The van der Waals surface area contributed by atoms with Crippen LogP contribution < -0.4 is 5.73 Å². The largest absolute Gasteiger partial charge is 0.399 e. The molecule has 2 aromatic rings. The molecule has 0 aromatic heterocycles. The lowest BCUT2D eigenvalue weighted by Gasteiger charge is -2.21. The highest BCUT2D eigenvalue weighted by Crippen LogP contribution is 2.48. The van der Waals surface area contributed by atoms with Crippen LogP contribution in [0.25, 0.3) is 11.1 Å². The summed E-state index contributed by atoms with van der Waals surface area (Å²) in [4.78, 5) is 0. The lowest BCUT2D eigenvalue weighted by molar-refractivity contribution is 0.660. The number of anilines is 1. The van der Waals surface area contributed by atoms with E-state index in [1.165, 1.54) is 0 Å². The Labute approximate surface area is 106 Å². The van der Waals surface area contributed by atoms with Gasteiger partial charge in [-0.15, -0.1) is 0 Å². The normalized spacial score (nSPS) is 21.8. The van der Waals surface area contributed by atoms with Crippen molar-refractivity contribution in [3.63, 3.8) is 0 Å². The van der Waals surface area contributed by atoms with Crippen LogP contribution in [-0.4, -0.2) is 0 Å². The Kier molecular flexibility index (Phi) is 0.832. The Bertz CT molecular complexity index is 815. The van der Waals surface area contributed by atoms with Crippen LogP contribution in [0.15, 0.2) is 42.3 Å². The predicted molar refractivity (Wildman–Crippen MR) is 68.4 cm³/mol. The number of nitrogens with two attached hydrogens (primary N) is 1. The minimum atomic E-state index is -0.905. The fourth-order valence-corrected chi connectivity index (χ4v) is 2.17. The van der Waals surface area contributed by atoms with E-state index in [4.69, 9.17) is 15.3 Å². The molecule has 80 valence electrons. The monoisotopic (exact) mass is 216 g/mol. The van der Waals surface area contributed by atoms with Crippen molar-refractivity contribution in [3.8, 4) is 11.1 Å². The molecule has 0 bridgehead atoms. The van der Waals surface area contributed by atoms with Gasteiger partial charge in [-0.1, -0.05) is 44.1 Å². The number of rotatable bonds is 0. The fourth-order valence-electron chi connectivity index (χ4n) is 2.17. The molecular weight excluding hydrogens is 194 g/mol. The predicted octanol–water partition coefficient (Wildman–Crippen LogP) is 3.58. The van der Waals surface area contributed by atoms with Gasteiger partial charge in [-0.3, -0.25) is 0 Å². The average Bonchev–Trinajstić information content (AvgIpc) is 2.74. The highest BCUT2D eigenvalue weighted by atomic mass is 14.5. The van der Waals surface area contributed by atoms with E-state index in [2.05, 4.69) is 0 Å². The van der Waals surface area contributed by atoms with E-state index < -0.39 is 5.41 Å². The number of hydrogen-bond acceptors (Lipinski definition) is 1. The van der Waals surface area contributed by atoms with Gasteiger partial charge < -0.3 is 5.73 Å². The summed E-state index contributed by atoms with van der Waals surface area (Å²) < 4.78 is 56.5. The molecule has 0 spiro atoms. The summed E-state index contributed by atoms with van der Waals surface area (Å²) in [5.41, 5.74) is 5.90. The average molecular weight is 216 g/mol. The van der Waals surface area contributed by atoms with Crippen molar-refractivity contribution in [2.75, 3.05) is 5.73 Å². The maximum Gasteiger partial charge on any atom is 0.0651 e. The van der Waals surface area contributed by atoms with Crippen LogP contribution in [-0.2, 0) is 5.41 Å². The summed E-state index contributed by atoms with van der Waals surface area (Å²) in [5, 5.41) is 0. The van der Waals surface area contributed by atoms with Gasteiger partial charge >= 0.3 is 0 Å². The van der Waals surface area contributed by atoms with Crippen molar-refractivity contribution >= 4 is 5.69 Å². The number of hydrogen-bond donors (Lipinski definition) is 1. The Hall–Kier alpha value is -1.76. The molecule has 0 amide bonds. The molecule has 0 fully saturated rings. The molecule has 0 saturated carbocycles. The number of benzene rings is 2. The molecule has 16 heavy (non-hydrogen) atoms. The summed E-state index contributed by atoms with van der Waals surface area (Å²) in [6.07, 6.45) is 0. The minimum Gasteiger partial charge on any atom is -0.399 e. The second-order valence-corrected chi connectivity index (χ2v) is 4.41. The van der Waals surface area contributed by atoms with Gasteiger partial charge in [-0.2, -0.15) is 0 Å². The van der Waals surface area contributed by atoms with Gasteiger partial charge in [0, 0.05) is 11.1 Å². The van der Waals surface area contributed by atoms with Gasteiger partial charge in [0.15, 0.2) is 0 Å². The summed E-state index contributed by atoms with van der Waals surface area (Å²) in [5.74, 6) is 0. The quantitative estimate of drug-likeness (QED) is 0.669. The van der Waals surface area contributed by atoms with E-state index >= 15 is 0 Å².